The summed E-state index contributed by atoms with van der Waals surface area (Å²) in [5.41, 5.74) is 0.326. The van der Waals surface area contributed by atoms with Crippen molar-refractivity contribution in [3.63, 3.8) is 0 Å². The first-order valence-electron chi connectivity index (χ1n) is 10.3. The standard InChI is InChI=1S/C24H18ClF4NO3S/c25-21-10-5-17(24(27,28)29)14-20(21)23(31)13-15-3-4-16-2-1-11-30(22(16)12-15)34(32,33)19-8-6-18(26)7-9-19/h3-10,12,14H,1-2,11,13H2. The molecular formula is C24H18ClF4NO3S. The number of carbonyl (C=O) groups is 1. The second kappa shape index (κ2) is 9.03. The molecule has 34 heavy (non-hydrogen) atoms. The lowest BCUT2D eigenvalue weighted by molar-refractivity contribution is -0.137. The van der Waals surface area contributed by atoms with E-state index in [0.717, 1.165) is 29.8 Å². The van der Waals surface area contributed by atoms with Crippen LogP contribution in [-0.2, 0) is 29.0 Å². The summed E-state index contributed by atoms with van der Waals surface area (Å²) in [5.74, 6) is -1.19. The Morgan fingerprint density at radius 3 is 2.38 bits per heavy atom. The number of carbonyl (C=O) groups excluding carboxylic acids is 1. The molecule has 3 aromatic carbocycles. The van der Waals surface area contributed by atoms with Gasteiger partial charge in [0.05, 0.1) is 21.2 Å². The summed E-state index contributed by atoms with van der Waals surface area (Å²) in [6.07, 6.45) is -3.69. The minimum absolute atomic E-state index is 0.0704. The molecule has 3 aromatic rings. The maximum Gasteiger partial charge on any atom is 0.416 e. The van der Waals surface area contributed by atoms with Gasteiger partial charge in [0.2, 0.25) is 0 Å². The van der Waals surface area contributed by atoms with Crippen molar-refractivity contribution < 1.29 is 30.8 Å². The van der Waals surface area contributed by atoms with E-state index < -0.39 is 33.4 Å². The Hall–Kier alpha value is -2.91. The quantitative estimate of drug-likeness (QED) is 0.309. The van der Waals surface area contributed by atoms with Crippen LogP contribution in [0.25, 0.3) is 0 Å². The van der Waals surface area contributed by atoms with Crippen LogP contribution in [0.5, 0.6) is 0 Å². The Morgan fingerprint density at radius 1 is 1.00 bits per heavy atom. The average Bonchev–Trinajstić information content (AvgIpc) is 2.78. The van der Waals surface area contributed by atoms with E-state index in [1.165, 1.54) is 16.4 Å². The van der Waals surface area contributed by atoms with E-state index in [1.807, 2.05) is 0 Å². The zero-order valence-electron chi connectivity index (χ0n) is 17.6. The van der Waals surface area contributed by atoms with Crippen LogP contribution in [0.3, 0.4) is 0 Å². The molecule has 0 radical (unpaired) electrons. The van der Waals surface area contributed by atoms with Gasteiger partial charge in [-0.05, 0) is 72.5 Å². The summed E-state index contributed by atoms with van der Waals surface area (Å²) in [5, 5.41) is -0.100. The summed E-state index contributed by atoms with van der Waals surface area (Å²) in [7, 11) is -3.98. The third kappa shape index (κ3) is 4.81. The number of hydrogen-bond donors (Lipinski definition) is 0. The van der Waals surface area contributed by atoms with Gasteiger partial charge in [0, 0.05) is 18.5 Å². The molecule has 0 bridgehead atoms. The number of alkyl halides is 3. The van der Waals surface area contributed by atoms with Gasteiger partial charge in [0.15, 0.2) is 5.78 Å². The van der Waals surface area contributed by atoms with Crippen molar-refractivity contribution in [3.05, 3.63) is 93.8 Å². The predicted molar refractivity (Wildman–Crippen MR) is 120 cm³/mol. The van der Waals surface area contributed by atoms with Crippen LogP contribution in [0.4, 0.5) is 23.2 Å². The number of sulfonamides is 1. The van der Waals surface area contributed by atoms with Crippen LogP contribution in [-0.4, -0.2) is 20.7 Å². The van der Waals surface area contributed by atoms with Gasteiger partial charge in [0.25, 0.3) is 10.0 Å². The molecule has 0 atom stereocenters. The van der Waals surface area contributed by atoms with Gasteiger partial charge in [-0.2, -0.15) is 13.2 Å². The second-order valence-electron chi connectivity index (χ2n) is 7.89. The van der Waals surface area contributed by atoms with Gasteiger partial charge >= 0.3 is 6.18 Å². The number of halogens is 5. The van der Waals surface area contributed by atoms with Gasteiger partial charge in [-0.1, -0.05) is 23.7 Å². The number of ketones is 1. The lowest BCUT2D eigenvalue weighted by Crippen LogP contribution is -2.35. The van der Waals surface area contributed by atoms with Gasteiger partial charge in [-0.25, -0.2) is 12.8 Å². The number of aryl methyl sites for hydroxylation is 1. The van der Waals surface area contributed by atoms with Crippen molar-refractivity contribution in [3.8, 4) is 0 Å². The topological polar surface area (TPSA) is 54.5 Å². The average molecular weight is 512 g/mol. The molecular weight excluding hydrogens is 494 g/mol. The Bertz CT molecular complexity index is 1360. The normalized spacial score (nSPS) is 14.1. The lowest BCUT2D eigenvalue weighted by Gasteiger charge is -2.31. The molecule has 0 fully saturated rings. The van der Waals surface area contributed by atoms with Gasteiger partial charge in [-0.15, -0.1) is 0 Å². The zero-order chi connectivity index (χ0) is 24.7. The first kappa shape index (κ1) is 24.2. The Morgan fingerprint density at radius 2 is 1.71 bits per heavy atom. The van der Waals surface area contributed by atoms with E-state index in [9.17, 15) is 30.8 Å². The largest absolute Gasteiger partial charge is 0.416 e. The Balaban J connectivity index is 1.66. The number of rotatable bonds is 5. The van der Waals surface area contributed by atoms with Crippen molar-refractivity contribution in [2.24, 2.45) is 0 Å². The maximum atomic E-state index is 13.3. The highest BCUT2D eigenvalue weighted by atomic mass is 35.5. The molecule has 1 aliphatic rings. The molecule has 0 saturated heterocycles. The Kier molecular flexibility index (Phi) is 6.44. The summed E-state index contributed by atoms with van der Waals surface area (Å²) < 4.78 is 80.1. The zero-order valence-corrected chi connectivity index (χ0v) is 19.1. The first-order chi connectivity index (χ1) is 16.0. The molecule has 0 saturated carbocycles. The number of hydrogen-bond acceptors (Lipinski definition) is 3. The highest BCUT2D eigenvalue weighted by Crippen LogP contribution is 2.35. The predicted octanol–water partition coefficient (Wildman–Crippen LogP) is 6.06. The van der Waals surface area contributed by atoms with Gasteiger partial charge in [0.1, 0.15) is 5.82 Å². The SMILES string of the molecule is O=C(Cc1ccc2c(c1)N(S(=O)(=O)c1ccc(F)cc1)CCC2)c1cc(C(F)(F)F)ccc1Cl. The summed E-state index contributed by atoms with van der Waals surface area (Å²) in [4.78, 5) is 12.7. The van der Waals surface area contributed by atoms with Crippen molar-refractivity contribution >= 4 is 33.1 Å². The van der Waals surface area contributed by atoms with Crippen LogP contribution in [0, 0.1) is 5.82 Å². The molecule has 0 aromatic heterocycles. The highest BCUT2D eigenvalue weighted by Gasteiger charge is 2.32. The fourth-order valence-electron chi connectivity index (χ4n) is 3.88. The molecule has 0 amide bonds. The minimum atomic E-state index is -4.62. The van der Waals surface area contributed by atoms with E-state index in [0.29, 0.717) is 30.2 Å². The fraction of sp³-hybridized carbons (Fsp3) is 0.208. The fourth-order valence-corrected chi connectivity index (χ4v) is 5.63. The summed E-state index contributed by atoms with van der Waals surface area (Å²) >= 11 is 5.98. The van der Waals surface area contributed by atoms with E-state index in [1.54, 1.807) is 18.2 Å². The molecule has 1 aliphatic heterocycles. The number of Topliss-reactive ketones (excluding diaryl/α,β-unsaturated/α-hetero) is 1. The van der Waals surface area contributed by atoms with Crippen LogP contribution in [0.1, 0.15) is 33.5 Å². The molecule has 0 aliphatic carbocycles. The second-order valence-corrected chi connectivity index (χ2v) is 10.2. The third-order valence-electron chi connectivity index (χ3n) is 5.59. The van der Waals surface area contributed by atoms with Crippen molar-refractivity contribution in [1.82, 2.24) is 0 Å². The minimum Gasteiger partial charge on any atom is -0.294 e. The molecule has 0 unspecified atom stereocenters. The van der Waals surface area contributed by atoms with Crippen molar-refractivity contribution in [1.29, 1.82) is 0 Å². The van der Waals surface area contributed by atoms with Crippen LogP contribution >= 0.6 is 11.6 Å². The lowest BCUT2D eigenvalue weighted by atomic mass is 9.97. The van der Waals surface area contributed by atoms with E-state index in [4.69, 9.17) is 11.6 Å². The smallest absolute Gasteiger partial charge is 0.294 e. The number of anilines is 1. The molecule has 0 N–H and O–H groups in total. The van der Waals surface area contributed by atoms with Crippen LogP contribution in [0.2, 0.25) is 5.02 Å². The van der Waals surface area contributed by atoms with Crippen molar-refractivity contribution in [2.45, 2.75) is 30.3 Å². The van der Waals surface area contributed by atoms with Crippen LogP contribution in [0.15, 0.2) is 65.6 Å². The molecule has 0 spiro atoms. The highest BCUT2D eigenvalue weighted by molar-refractivity contribution is 7.92. The van der Waals surface area contributed by atoms with Gasteiger partial charge in [-0.3, -0.25) is 9.10 Å². The molecule has 1 heterocycles. The number of nitrogens with zero attached hydrogens (tertiary/aromatic N) is 1. The molecule has 10 heteroatoms. The van der Waals surface area contributed by atoms with Gasteiger partial charge < -0.3 is 0 Å². The summed E-state index contributed by atoms with van der Waals surface area (Å²) in [6.45, 7) is 0.198. The number of fused-ring (bicyclic) bond motifs is 1. The van der Waals surface area contributed by atoms with Crippen LogP contribution < -0.4 is 4.31 Å². The summed E-state index contributed by atoms with van der Waals surface area (Å²) in [6, 6.07) is 11.9. The van der Waals surface area contributed by atoms with Crippen molar-refractivity contribution in [2.75, 3.05) is 10.8 Å². The monoisotopic (exact) mass is 511 g/mol. The van der Waals surface area contributed by atoms with E-state index in [-0.39, 0.29) is 28.4 Å². The maximum absolute atomic E-state index is 13.3. The van der Waals surface area contributed by atoms with E-state index in [2.05, 4.69) is 0 Å². The van der Waals surface area contributed by atoms with E-state index >= 15 is 0 Å². The number of benzene rings is 3. The molecule has 178 valence electrons. The molecule has 4 rings (SSSR count). The third-order valence-corrected chi connectivity index (χ3v) is 7.74. The first-order valence-corrected chi connectivity index (χ1v) is 12.1. The molecule has 4 nitrogen and oxygen atoms in total. The Labute approximate surface area is 198 Å².